The van der Waals surface area contributed by atoms with Gasteiger partial charge in [-0.1, -0.05) is 42.5 Å². The molecule has 0 spiro atoms. The lowest BCUT2D eigenvalue weighted by Crippen LogP contribution is -2.37. The van der Waals surface area contributed by atoms with Gasteiger partial charge in [0.05, 0.1) is 13.7 Å². The third-order valence-corrected chi connectivity index (χ3v) is 5.20. The molecular formula is C19H25NO2S. The van der Waals surface area contributed by atoms with Crippen LogP contribution >= 0.6 is 11.8 Å². The zero-order chi connectivity index (χ0) is 16.7. The molecule has 0 saturated carbocycles. The van der Waals surface area contributed by atoms with Crippen molar-refractivity contribution in [3.8, 4) is 16.9 Å². The monoisotopic (exact) mass is 331 g/mol. The molecule has 0 aromatic heterocycles. The molecule has 2 rings (SSSR count). The van der Waals surface area contributed by atoms with E-state index in [2.05, 4.69) is 42.6 Å². The van der Waals surface area contributed by atoms with Crippen LogP contribution in [0, 0.1) is 0 Å². The van der Waals surface area contributed by atoms with Crippen molar-refractivity contribution in [1.29, 1.82) is 0 Å². The van der Waals surface area contributed by atoms with Crippen LogP contribution in [0.1, 0.15) is 12.5 Å². The van der Waals surface area contributed by atoms with E-state index >= 15 is 0 Å². The highest BCUT2D eigenvalue weighted by molar-refractivity contribution is 7.99. The van der Waals surface area contributed by atoms with E-state index in [9.17, 15) is 5.11 Å². The number of para-hydroxylation sites is 1. The van der Waals surface area contributed by atoms with Gasteiger partial charge in [-0.3, -0.25) is 0 Å². The summed E-state index contributed by atoms with van der Waals surface area (Å²) in [4.78, 5) is 0. The summed E-state index contributed by atoms with van der Waals surface area (Å²) in [5.74, 6) is 0.887. The normalized spacial score (nSPS) is 13.6. The van der Waals surface area contributed by atoms with Crippen molar-refractivity contribution in [2.75, 3.05) is 20.0 Å². The molecule has 3 nitrogen and oxygen atoms in total. The molecule has 0 heterocycles. The first-order valence-electron chi connectivity index (χ1n) is 7.79. The van der Waals surface area contributed by atoms with E-state index in [1.54, 1.807) is 18.9 Å². The molecule has 4 heteroatoms. The lowest BCUT2D eigenvalue weighted by atomic mass is 10.0. The number of hydrogen-bond acceptors (Lipinski definition) is 4. The first-order valence-corrected chi connectivity index (χ1v) is 9.07. The number of rotatable bonds is 8. The van der Waals surface area contributed by atoms with Gasteiger partial charge in [0, 0.05) is 23.4 Å². The van der Waals surface area contributed by atoms with Crippen LogP contribution in [0.4, 0.5) is 0 Å². The Labute approximate surface area is 143 Å². The summed E-state index contributed by atoms with van der Waals surface area (Å²) < 4.78 is 5.42. The Morgan fingerprint density at radius 3 is 2.43 bits per heavy atom. The van der Waals surface area contributed by atoms with Crippen molar-refractivity contribution in [3.63, 3.8) is 0 Å². The van der Waals surface area contributed by atoms with Gasteiger partial charge in [0.2, 0.25) is 0 Å². The standard InChI is InChI=1S/C19H25NO2S/c1-14(19(13-21)23-3)20-12-15-8-10-16(11-9-15)17-6-4-5-7-18(17)22-2/h4-11,14,19-21H,12-13H2,1-3H3. The summed E-state index contributed by atoms with van der Waals surface area (Å²) in [7, 11) is 1.70. The van der Waals surface area contributed by atoms with Gasteiger partial charge < -0.3 is 15.2 Å². The van der Waals surface area contributed by atoms with Gasteiger partial charge in [0.1, 0.15) is 5.75 Å². The van der Waals surface area contributed by atoms with Crippen molar-refractivity contribution in [1.82, 2.24) is 5.32 Å². The first-order chi connectivity index (χ1) is 11.2. The predicted octanol–water partition coefficient (Wildman–Crippen LogP) is 3.56. The maximum absolute atomic E-state index is 9.33. The number of aliphatic hydroxyl groups excluding tert-OH is 1. The fraction of sp³-hybridized carbons (Fsp3) is 0.368. The van der Waals surface area contributed by atoms with Crippen LogP contribution in [0.5, 0.6) is 5.75 Å². The molecule has 2 aromatic rings. The minimum Gasteiger partial charge on any atom is -0.496 e. The highest BCUT2D eigenvalue weighted by Crippen LogP contribution is 2.29. The average Bonchev–Trinajstić information content (AvgIpc) is 2.61. The second-order valence-corrected chi connectivity index (χ2v) is 6.60. The van der Waals surface area contributed by atoms with Crippen LogP contribution in [0.15, 0.2) is 48.5 Å². The highest BCUT2D eigenvalue weighted by Gasteiger charge is 2.14. The highest BCUT2D eigenvalue weighted by atomic mass is 32.2. The molecule has 0 saturated heterocycles. The molecule has 2 aromatic carbocycles. The fourth-order valence-electron chi connectivity index (χ4n) is 2.53. The van der Waals surface area contributed by atoms with Crippen molar-refractivity contribution < 1.29 is 9.84 Å². The first kappa shape index (κ1) is 17.9. The maximum atomic E-state index is 9.33. The zero-order valence-corrected chi connectivity index (χ0v) is 14.8. The van der Waals surface area contributed by atoms with Crippen molar-refractivity contribution in [2.45, 2.75) is 24.8 Å². The molecule has 2 atom stereocenters. The number of methoxy groups -OCH3 is 1. The van der Waals surface area contributed by atoms with E-state index in [0.29, 0.717) is 0 Å². The Morgan fingerprint density at radius 2 is 1.83 bits per heavy atom. The van der Waals surface area contributed by atoms with E-state index in [1.807, 2.05) is 24.5 Å². The van der Waals surface area contributed by atoms with Crippen LogP contribution < -0.4 is 10.1 Å². The minimum atomic E-state index is 0.197. The lowest BCUT2D eigenvalue weighted by Gasteiger charge is -2.21. The molecule has 2 unspecified atom stereocenters. The predicted molar refractivity (Wildman–Crippen MR) is 99.1 cm³/mol. The number of ether oxygens (including phenoxy) is 1. The van der Waals surface area contributed by atoms with E-state index < -0.39 is 0 Å². The molecule has 2 N–H and O–H groups in total. The molecule has 0 radical (unpaired) electrons. The molecule has 124 valence electrons. The van der Waals surface area contributed by atoms with Crippen molar-refractivity contribution in [2.24, 2.45) is 0 Å². The van der Waals surface area contributed by atoms with E-state index in [1.165, 1.54) is 5.56 Å². The molecule has 0 amide bonds. The smallest absolute Gasteiger partial charge is 0.126 e. The number of benzene rings is 2. The van der Waals surface area contributed by atoms with Gasteiger partial charge in [0.15, 0.2) is 0 Å². The van der Waals surface area contributed by atoms with Gasteiger partial charge in [0.25, 0.3) is 0 Å². The van der Waals surface area contributed by atoms with Gasteiger partial charge >= 0.3 is 0 Å². The summed E-state index contributed by atoms with van der Waals surface area (Å²) >= 11 is 1.69. The zero-order valence-electron chi connectivity index (χ0n) is 14.0. The van der Waals surface area contributed by atoms with E-state index in [4.69, 9.17) is 4.74 Å². The fourth-order valence-corrected chi connectivity index (χ4v) is 3.19. The summed E-state index contributed by atoms with van der Waals surface area (Å²) in [6.45, 7) is 3.10. The summed E-state index contributed by atoms with van der Waals surface area (Å²) in [6, 6.07) is 16.8. The molecule has 0 aliphatic rings. The lowest BCUT2D eigenvalue weighted by molar-refractivity contribution is 0.276. The Balaban J connectivity index is 2.02. The van der Waals surface area contributed by atoms with Crippen molar-refractivity contribution in [3.05, 3.63) is 54.1 Å². The van der Waals surface area contributed by atoms with Crippen LogP contribution in [-0.4, -0.2) is 36.4 Å². The van der Waals surface area contributed by atoms with Gasteiger partial charge in [-0.05, 0) is 30.4 Å². The Hall–Kier alpha value is -1.49. The average molecular weight is 331 g/mol. The second-order valence-electron chi connectivity index (χ2n) is 5.52. The molecule has 0 aliphatic carbocycles. The van der Waals surface area contributed by atoms with Crippen molar-refractivity contribution >= 4 is 11.8 Å². The van der Waals surface area contributed by atoms with Gasteiger partial charge in [-0.2, -0.15) is 11.8 Å². The third kappa shape index (κ3) is 4.74. The van der Waals surface area contributed by atoms with Crippen LogP contribution in [0.2, 0.25) is 0 Å². The largest absolute Gasteiger partial charge is 0.496 e. The maximum Gasteiger partial charge on any atom is 0.126 e. The van der Waals surface area contributed by atoms with E-state index in [-0.39, 0.29) is 17.9 Å². The SMILES string of the molecule is COc1ccccc1-c1ccc(CNC(C)C(CO)SC)cc1. The van der Waals surface area contributed by atoms with Crippen LogP contribution in [0.3, 0.4) is 0 Å². The number of nitrogens with one attached hydrogen (secondary N) is 1. The number of thioether (sulfide) groups is 1. The molecule has 0 fully saturated rings. The third-order valence-electron chi connectivity index (χ3n) is 4.04. The minimum absolute atomic E-state index is 0.197. The topological polar surface area (TPSA) is 41.5 Å². The quantitative estimate of drug-likeness (QED) is 0.776. The van der Waals surface area contributed by atoms with Crippen LogP contribution in [0.25, 0.3) is 11.1 Å². The molecule has 23 heavy (non-hydrogen) atoms. The molecule has 0 bridgehead atoms. The summed E-state index contributed by atoms with van der Waals surface area (Å²) in [5.41, 5.74) is 3.48. The second kappa shape index (κ2) is 8.96. The summed E-state index contributed by atoms with van der Waals surface area (Å²) in [6.07, 6.45) is 2.03. The Kier molecular flexibility index (Phi) is 6.96. The van der Waals surface area contributed by atoms with Gasteiger partial charge in [-0.25, -0.2) is 0 Å². The molecule has 0 aliphatic heterocycles. The molecular weight excluding hydrogens is 306 g/mol. The number of aliphatic hydroxyl groups is 1. The number of hydrogen-bond donors (Lipinski definition) is 2. The van der Waals surface area contributed by atoms with Crippen LogP contribution in [-0.2, 0) is 6.54 Å². The van der Waals surface area contributed by atoms with E-state index in [0.717, 1.165) is 23.4 Å². The Morgan fingerprint density at radius 1 is 1.13 bits per heavy atom. The van der Waals surface area contributed by atoms with Gasteiger partial charge in [-0.15, -0.1) is 0 Å². The summed E-state index contributed by atoms with van der Waals surface area (Å²) in [5, 5.41) is 13.0. The Bertz CT molecular complexity index is 597.